The number of phenols is 1. The number of para-hydroxylation sites is 1. The van der Waals surface area contributed by atoms with Crippen molar-refractivity contribution in [2.75, 3.05) is 25.7 Å². The third-order valence-electron chi connectivity index (χ3n) is 3.30. The summed E-state index contributed by atoms with van der Waals surface area (Å²) in [6, 6.07) is 13.4. The first-order chi connectivity index (χ1) is 10.2. The van der Waals surface area contributed by atoms with E-state index in [1.807, 2.05) is 50.4 Å². The fourth-order valence-corrected chi connectivity index (χ4v) is 2.15. The van der Waals surface area contributed by atoms with Gasteiger partial charge in [0.25, 0.3) is 0 Å². The maximum absolute atomic E-state index is 10.2. The van der Waals surface area contributed by atoms with Gasteiger partial charge in [-0.3, -0.25) is 0 Å². The van der Waals surface area contributed by atoms with E-state index in [2.05, 4.69) is 4.90 Å². The van der Waals surface area contributed by atoms with Crippen LogP contribution in [-0.4, -0.2) is 25.9 Å². The summed E-state index contributed by atoms with van der Waals surface area (Å²) >= 11 is 0. The van der Waals surface area contributed by atoms with Gasteiger partial charge in [-0.15, -0.1) is 0 Å². The zero-order valence-corrected chi connectivity index (χ0v) is 12.7. The van der Waals surface area contributed by atoms with Crippen LogP contribution in [0.15, 0.2) is 42.5 Å². The molecule has 0 fully saturated rings. The fraction of sp³-hybridized carbons (Fsp3) is 0.294. The average Bonchev–Trinajstić information content (AvgIpc) is 2.51. The van der Waals surface area contributed by atoms with Crippen LogP contribution >= 0.6 is 0 Å². The minimum atomic E-state index is 0.208. The molecule has 0 amide bonds. The van der Waals surface area contributed by atoms with Crippen molar-refractivity contribution in [3.05, 3.63) is 48.0 Å². The van der Waals surface area contributed by atoms with Crippen molar-refractivity contribution >= 4 is 5.69 Å². The molecule has 4 heteroatoms. The molecule has 21 heavy (non-hydrogen) atoms. The summed E-state index contributed by atoms with van der Waals surface area (Å²) in [5.41, 5.74) is 1.89. The number of phenolic OH excluding ortho intramolecular Hbond substituents is 1. The molecule has 0 atom stereocenters. The maximum Gasteiger partial charge on any atom is 0.162 e. The number of methoxy groups -OCH3 is 1. The Kier molecular flexibility index (Phi) is 4.93. The van der Waals surface area contributed by atoms with Crippen molar-refractivity contribution in [1.29, 1.82) is 0 Å². The highest BCUT2D eigenvalue weighted by Gasteiger charge is 2.10. The molecule has 0 aliphatic carbocycles. The summed E-state index contributed by atoms with van der Waals surface area (Å²) in [7, 11) is 3.63. The molecule has 0 unspecified atom stereocenters. The van der Waals surface area contributed by atoms with Crippen molar-refractivity contribution in [2.24, 2.45) is 0 Å². The Morgan fingerprint density at radius 3 is 2.43 bits per heavy atom. The lowest BCUT2D eigenvalue weighted by Gasteiger charge is -2.21. The number of aromatic hydroxyl groups is 1. The Balaban J connectivity index is 2.14. The van der Waals surface area contributed by atoms with Gasteiger partial charge in [-0.05, 0) is 37.3 Å². The normalized spacial score (nSPS) is 10.2. The molecule has 0 spiro atoms. The van der Waals surface area contributed by atoms with Gasteiger partial charge in [0.1, 0.15) is 5.75 Å². The molecule has 4 nitrogen and oxygen atoms in total. The molecule has 1 N–H and O–H groups in total. The molecule has 0 aliphatic rings. The number of anilines is 1. The molecule has 112 valence electrons. The van der Waals surface area contributed by atoms with E-state index in [1.165, 1.54) is 0 Å². The molecule has 2 aromatic carbocycles. The highest BCUT2D eigenvalue weighted by Crippen LogP contribution is 2.31. The zero-order chi connectivity index (χ0) is 15.2. The van der Waals surface area contributed by atoms with Gasteiger partial charge >= 0.3 is 0 Å². The largest absolute Gasteiger partial charge is 0.504 e. The number of hydrogen-bond acceptors (Lipinski definition) is 4. The molecule has 2 rings (SSSR count). The Bertz CT molecular complexity index is 581. The smallest absolute Gasteiger partial charge is 0.162 e. The molecule has 0 aromatic heterocycles. The average molecular weight is 287 g/mol. The lowest BCUT2D eigenvalue weighted by atomic mass is 10.1. The SMILES string of the molecule is CCOc1cccc(CN(C)c2ccc(OC)cc2)c1O. The molecule has 0 saturated heterocycles. The summed E-state index contributed by atoms with van der Waals surface area (Å²) in [5, 5.41) is 10.2. The van der Waals surface area contributed by atoms with Gasteiger partial charge in [0, 0.05) is 24.8 Å². The summed E-state index contributed by atoms with van der Waals surface area (Å²) < 4.78 is 10.6. The van der Waals surface area contributed by atoms with E-state index in [9.17, 15) is 5.11 Å². The molecular formula is C17H21NO3. The topological polar surface area (TPSA) is 41.9 Å². The molecule has 0 saturated carbocycles. The van der Waals surface area contributed by atoms with E-state index in [-0.39, 0.29) is 5.75 Å². The van der Waals surface area contributed by atoms with Crippen LogP contribution in [0.5, 0.6) is 17.2 Å². The Hall–Kier alpha value is -2.36. The van der Waals surface area contributed by atoms with Crippen molar-refractivity contribution in [1.82, 2.24) is 0 Å². The predicted molar refractivity (Wildman–Crippen MR) is 84.4 cm³/mol. The first-order valence-electron chi connectivity index (χ1n) is 6.94. The third-order valence-corrected chi connectivity index (χ3v) is 3.30. The van der Waals surface area contributed by atoms with Crippen LogP contribution < -0.4 is 14.4 Å². The summed E-state index contributed by atoms with van der Waals surface area (Å²) in [6.45, 7) is 3.03. The van der Waals surface area contributed by atoms with Gasteiger partial charge in [0.2, 0.25) is 0 Å². The van der Waals surface area contributed by atoms with Crippen LogP contribution in [0.4, 0.5) is 5.69 Å². The standard InChI is InChI=1S/C17H21NO3/c1-4-21-16-7-5-6-13(17(16)19)12-18(2)14-8-10-15(20-3)11-9-14/h5-11,19H,4,12H2,1-3H3. The highest BCUT2D eigenvalue weighted by atomic mass is 16.5. The van der Waals surface area contributed by atoms with Crippen LogP contribution in [0.3, 0.4) is 0 Å². The highest BCUT2D eigenvalue weighted by molar-refractivity contribution is 5.52. The first-order valence-corrected chi connectivity index (χ1v) is 6.94. The summed E-state index contributed by atoms with van der Waals surface area (Å²) in [4.78, 5) is 2.06. The van der Waals surface area contributed by atoms with Crippen LogP contribution in [0.2, 0.25) is 0 Å². The number of nitrogens with zero attached hydrogens (tertiary/aromatic N) is 1. The van der Waals surface area contributed by atoms with E-state index in [0.29, 0.717) is 18.9 Å². The van der Waals surface area contributed by atoms with E-state index in [4.69, 9.17) is 9.47 Å². The summed E-state index contributed by atoms with van der Waals surface area (Å²) in [5.74, 6) is 1.56. The van der Waals surface area contributed by atoms with Gasteiger partial charge in [-0.2, -0.15) is 0 Å². The van der Waals surface area contributed by atoms with Crippen molar-refractivity contribution in [3.8, 4) is 17.2 Å². The second-order valence-electron chi connectivity index (χ2n) is 4.75. The van der Waals surface area contributed by atoms with E-state index in [0.717, 1.165) is 17.0 Å². The minimum absolute atomic E-state index is 0.208. The monoisotopic (exact) mass is 287 g/mol. The van der Waals surface area contributed by atoms with Gasteiger partial charge in [0.05, 0.1) is 13.7 Å². The predicted octanol–water partition coefficient (Wildman–Crippen LogP) is 3.44. The minimum Gasteiger partial charge on any atom is -0.504 e. The number of rotatable bonds is 6. The lowest BCUT2D eigenvalue weighted by Crippen LogP contribution is -2.16. The van der Waals surface area contributed by atoms with Crippen LogP contribution in [0.1, 0.15) is 12.5 Å². The van der Waals surface area contributed by atoms with Gasteiger partial charge in [-0.25, -0.2) is 0 Å². The molecular weight excluding hydrogens is 266 g/mol. The van der Waals surface area contributed by atoms with Gasteiger partial charge in [-0.1, -0.05) is 12.1 Å². The van der Waals surface area contributed by atoms with E-state index in [1.54, 1.807) is 13.2 Å². The quantitative estimate of drug-likeness (QED) is 0.883. The van der Waals surface area contributed by atoms with Gasteiger partial charge < -0.3 is 19.5 Å². The molecule has 0 heterocycles. The molecule has 0 aliphatic heterocycles. The second kappa shape index (κ2) is 6.88. The summed E-state index contributed by atoms with van der Waals surface area (Å²) in [6.07, 6.45) is 0. The van der Waals surface area contributed by atoms with Crippen molar-refractivity contribution in [2.45, 2.75) is 13.5 Å². The van der Waals surface area contributed by atoms with Crippen LogP contribution in [0.25, 0.3) is 0 Å². The Morgan fingerprint density at radius 1 is 1.10 bits per heavy atom. The first kappa shape index (κ1) is 15.0. The fourth-order valence-electron chi connectivity index (χ4n) is 2.15. The number of benzene rings is 2. The second-order valence-corrected chi connectivity index (χ2v) is 4.75. The lowest BCUT2D eigenvalue weighted by molar-refractivity contribution is 0.316. The third kappa shape index (κ3) is 3.60. The van der Waals surface area contributed by atoms with Crippen molar-refractivity contribution < 1.29 is 14.6 Å². The maximum atomic E-state index is 10.2. The number of ether oxygens (including phenoxy) is 2. The van der Waals surface area contributed by atoms with E-state index >= 15 is 0 Å². The van der Waals surface area contributed by atoms with E-state index < -0.39 is 0 Å². The Morgan fingerprint density at radius 2 is 1.81 bits per heavy atom. The molecule has 2 aromatic rings. The van der Waals surface area contributed by atoms with Crippen molar-refractivity contribution in [3.63, 3.8) is 0 Å². The van der Waals surface area contributed by atoms with Crippen LogP contribution in [0, 0.1) is 0 Å². The van der Waals surface area contributed by atoms with Gasteiger partial charge in [0.15, 0.2) is 11.5 Å². The Labute approximate surface area is 125 Å². The zero-order valence-electron chi connectivity index (χ0n) is 12.7. The molecule has 0 bridgehead atoms. The number of hydrogen-bond donors (Lipinski definition) is 1. The van der Waals surface area contributed by atoms with Crippen LogP contribution in [-0.2, 0) is 6.54 Å². The molecule has 0 radical (unpaired) electrons.